The number of hydrogen-bond donors (Lipinski definition) is 1. The van der Waals surface area contributed by atoms with Crippen molar-refractivity contribution in [2.45, 2.75) is 0 Å². The minimum Gasteiger partial charge on any atom is -0.303 e. The number of benzene rings is 1. The quantitative estimate of drug-likeness (QED) is 0.823. The van der Waals surface area contributed by atoms with Gasteiger partial charge in [0.2, 0.25) is 0 Å². The minimum atomic E-state index is -1.01. The Morgan fingerprint density at radius 2 is 1.88 bits per heavy atom. The average molecular weight is 305 g/mol. The molecule has 0 amide bonds. The maximum Gasteiger partial charge on any atom is 0.345 e. The van der Waals surface area contributed by atoms with E-state index in [1.54, 1.807) is 0 Å². The van der Waals surface area contributed by atoms with E-state index in [1.807, 2.05) is 4.98 Å². The van der Waals surface area contributed by atoms with E-state index in [0.29, 0.717) is 6.20 Å². The van der Waals surface area contributed by atoms with Gasteiger partial charge in [-0.05, 0) is 28.1 Å². The fraction of sp³-hybridized carbons (Fsp3) is 0. The number of hydrogen-bond acceptors (Lipinski definition) is 2. The van der Waals surface area contributed by atoms with Gasteiger partial charge in [0.1, 0.15) is 11.6 Å². The molecular formula is C10H4BrF3N2O. The third kappa shape index (κ3) is 2.10. The predicted octanol–water partition coefficient (Wildman–Crippen LogP) is 2.62. The highest BCUT2D eigenvalue weighted by molar-refractivity contribution is 9.10. The van der Waals surface area contributed by atoms with Gasteiger partial charge in [-0.15, -0.1) is 0 Å². The summed E-state index contributed by atoms with van der Waals surface area (Å²) in [5, 5.41) is 0. The summed E-state index contributed by atoms with van der Waals surface area (Å²) in [5.74, 6) is -2.99. The number of aromatic nitrogens is 2. The molecule has 0 radical (unpaired) electrons. The first kappa shape index (κ1) is 11.8. The number of aromatic amines is 1. The summed E-state index contributed by atoms with van der Waals surface area (Å²) < 4.78 is 40.5. The van der Waals surface area contributed by atoms with Gasteiger partial charge in [0.15, 0.2) is 5.82 Å². The second-order valence-corrected chi connectivity index (χ2v) is 3.98. The molecule has 2 rings (SSSR count). The average Bonchev–Trinajstić information content (AvgIpc) is 2.29. The molecule has 0 aliphatic heterocycles. The van der Waals surface area contributed by atoms with Crippen molar-refractivity contribution in [1.29, 1.82) is 0 Å². The Balaban J connectivity index is 2.81. The van der Waals surface area contributed by atoms with Crippen molar-refractivity contribution in [3.8, 4) is 11.3 Å². The Bertz CT molecular complexity index is 642. The Morgan fingerprint density at radius 1 is 1.18 bits per heavy atom. The van der Waals surface area contributed by atoms with Crippen LogP contribution in [0.15, 0.2) is 27.6 Å². The molecular weight excluding hydrogens is 301 g/mol. The van der Waals surface area contributed by atoms with Crippen LogP contribution in [0.3, 0.4) is 0 Å². The standard InChI is InChI=1S/C10H4BrF3N2O/c11-4-1-2-5(12)7(8(4)14)9-6(13)3-15-10(17)16-9/h1-3H,(H,15,16,17). The van der Waals surface area contributed by atoms with E-state index in [4.69, 9.17) is 0 Å². The topological polar surface area (TPSA) is 45.8 Å². The highest BCUT2D eigenvalue weighted by Gasteiger charge is 2.18. The highest BCUT2D eigenvalue weighted by Crippen LogP contribution is 2.29. The second kappa shape index (κ2) is 4.33. The first-order valence-corrected chi connectivity index (χ1v) is 5.18. The van der Waals surface area contributed by atoms with Crippen LogP contribution in [0.4, 0.5) is 13.2 Å². The molecule has 0 spiro atoms. The van der Waals surface area contributed by atoms with E-state index in [1.165, 1.54) is 0 Å². The first-order valence-electron chi connectivity index (χ1n) is 4.39. The van der Waals surface area contributed by atoms with Crippen LogP contribution in [-0.4, -0.2) is 9.97 Å². The summed E-state index contributed by atoms with van der Waals surface area (Å²) in [6.45, 7) is 0. The molecule has 3 nitrogen and oxygen atoms in total. The Morgan fingerprint density at radius 3 is 2.59 bits per heavy atom. The molecule has 0 atom stereocenters. The third-order valence-corrected chi connectivity index (χ3v) is 2.67. The van der Waals surface area contributed by atoms with Gasteiger partial charge >= 0.3 is 5.69 Å². The maximum absolute atomic E-state index is 13.7. The second-order valence-electron chi connectivity index (χ2n) is 3.13. The summed E-state index contributed by atoms with van der Waals surface area (Å²) >= 11 is 2.85. The van der Waals surface area contributed by atoms with E-state index in [2.05, 4.69) is 20.9 Å². The van der Waals surface area contributed by atoms with Crippen molar-refractivity contribution >= 4 is 15.9 Å². The molecule has 1 N–H and O–H groups in total. The number of H-pyrrole nitrogens is 1. The molecule has 88 valence electrons. The molecule has 0 saturated heterocycles. The lowest BCUT2D eigenvalue weighted by Gasteiger charge is -2.06. The molecule has 0 fully saturated rings. The fourth-order valence-corrected chi connectivity index (χ4v) is 1.65. The van der Waals surface area contributed by atoms with Gasteiger partial charge in [-0.3, -0.25) is 0 Å². The predicted molar refractivity (Wildman–Crippen MR) is 57.9 cm³/mol. The zero-order valence-electron chi connectivity index (χ0n) is 8.10. The number of nitrogens with zero attached hydrogens (tertiary/aromatic N) is 1. The molecule has 0 aliphatic rings. The first-order chi connectivity index (χ1) is 8.00. The Labute approximate surface area is 101 Å². The van der Waals surface area contributed by atoms with Gasteiger partial charge in [-0.1, -0.05) is 0 Å². The van der Waals surface area contributed by atoms with E-state index in [0.717, 1.165) is 12.1 Å². The summed E-state index contributed by atoms with van der Waals surface area (Å²) in [4.78, 5) is 16.0. The molecule has 7 heteroatoms. The molecule has 0 saturated carbocycles. The number of halogens is 4. The van der Waals surface area contributed by atoms with Crippen molar-refractivity contribution in [3.05, 3.63) is 50.7 Å². The van der Waals surface area contributed by atoms with Crippen LogP contribution >= 0.6 is 15.9 Å². The van der Waals surface area contributed by atoms with Crippen molar-refractivity contribution in [2.75, 3.05) is 0 Å². The molecule has 17 heavy (non-hydrogen) atoms. The van der Waals surface area contributed by atoms with Crippen LogP contribution in [0.5, 0.6) is 0 Å². The molecule has 1 aromatic carbocycles. The summed E-state index contributed by atoms with van der Waals surface area (Å²) in [6.07, 6.45) is 0.605. The molecule has 0 bridgehead atoms. The normalized spacial score (nSPS) is 10.6. The maximum atomic E-state index is 13.7. The van der Waals surface area contributed by atoms with Crippen molar-refractivity contribution in [2.24, 2.45) is 0 Å². The molecule has 2 aromatic rings. The fourth-order valence-electron chi connectivity index (χ4n) is 1.32. The van der Waals surface area contributed by atoms with Crippen molar-refractivity contribution in [3.63, 3.8) is 0 Å². The molecule has 0 unspecified atom stereocenters. The van der Waals surface area contributed by atoms with Gasteiger partial charge in [0, 0.05) is 0 Å². The van der Waals surface area contributed by atoms with Crippen LogP contribution < -0.4 is 5.69 Å². The Hall–Kier alpha value is -1.63. The van der Waals surface area contributed by atoms with Crippen LogP contribution in [0, 0.1) is 17.5 Å². The monoisotopic (exact) mass is 304 g/mol. The van der Waals surface area contributed by atoms with E-state index in [9.17, 15) is 18.0 Å². The lowest BCUT2D eigenvalue weighted by atomic mass is 10.1. The molecule has 1 aromatic heterocycles. The smallest absolute Gasteiger partial charge is 0.303 e. The van der Waals surface area contributed by atoms with Crippen LogP contribution in [-0.2, 0) is 0 Å². The van der Waals surface area contributed by atoms with Crippen molar-refractivity contribution in [1.82, 2.24) is 9.97 Å². The van der Waals surface area contributed by atoms with Crippen LogP contribution in [0.2, 0.25) is 0 Å². The summed E-state index contributed by atoms with van der Waals surface area (Å²) in [6, 6.07) is 2.10. The summed E-state index contributed by atoms with van der Waals surface area (Å²) in [5.41, 5.74) is -2.10. The van der Waals surface area contributed by atoms with Gasteiger partial charge in [-0.2, -0.15) is 4.98 Å². The third-order valence-electron chi connectivity index (χ3n) is 2.06. The molecule has 1 heterocycles. The molecule has 0 aliphatic carbocycles. The zero-order chi connectivity index (χ0) is 12.6. The van der Waals surface area contributed by atoms with Gasteiger partial charge in [-0.25, -0.2) is 18.0 Å². The number of rotatable bonds is 1. The zero-order valence-corrected chi connectivity index (χ0v) is 9.69. The van der Waals surface area contributed by atoms with Crippen molar-refractivity contribution < 1.29 is 13.2 Å². The van der Waals surface area contributed by atoms with Crippen LogP contribution in [0.1, 0.15) is 0 Å². The largest absolute Gasteiger partial charge is 0.345 e. The van der Waals surface area contributed by atoms with Gasteiger partial charge in [0.25, 0.3) is 0 Å². The minimum absolute atomic E-state index is 0.0361. The van der Waals surface area contributed by atoms with E-state index < -0.39 is 34.4 Å². The van der Waals surface area contributed by atoms with Gasteiger partial charge < -0.3 is 4.98 Å². The van der Waals surface area contributed by atoms with Crippen LogP contribution in [0.25, 0.3) is 11.3 Å². The number of nitrogens with one attached hydrogen (secondary N) is 1. The SMILES string of the molecule is O=c1ncc(F)c(-c2c(F)ccc(Br)c2F)[nH]1. The lowest BCUT2D eigenvalue weighted by molar-refractivity contribution is 0.573. The lowest BCUT2D eigenvalue weighted by Crippen LogP contribution is -2.13. The summed E-state index contributed by atoms with van der Waals surface area (Å²) in [7, 11) is 0. The van der Waals surface area contributed by atoms with Gasteiger partial charge in [0.05, 0.1) is 21.9 Å². The highest BCUT2D eigenvalue weighted by atomic mass is 79.9. The van der Waals surface area contributed by atoms with E-state index in [-0.39, 0.29) is 4.47 Å². The Kier molecular flexibility index (Phi) is 3.01. The van der Waals surface area contributed by atoms with E-state index >= 15 is 0 Å².